The zero-order chi connectivity index (χ0) is 28.2. The van der Waals surface area contributed by atoms with Gasteiger partial charge in [0.1, 0.15) is 23.4 Å². The standard InChI is InChI=1S/C28H31F4N7O/c1-11-19-20-26(36-23(11)14-8-38(4)9-14)39-10-15-5-6-17(35-15)25(39)13(3)40-27(20)37-24(22(19)29)16-7-18(33)34-12(2)21(16)28(30,31)32/h7,13-15,17,25,35H,5-6,8-10H2,1-4H3,(H2,33,34)/t13-,15+,17-,25+/m0/s1. The zero-order valence-electron chi connectivity index (χ0n) is 22.7. The molecule has 0 unspecified atom stereocenters. The molecule has 12 heteroatoms. The molecule has 3 aromatic rings. The number of fused-ring (bicyclic) bond motifs is 5. The maximum Gasteiger partial charge on any atom is 0.418 e. The lowest BCUT2D eigenvalue weighted by molar-refractivity contribution is -0.137. The van der Waals surface area contributed by atoms with Crippen LogP contribution in [0.15, 0.2) is 6.07 Å². The second-order valence-corrected chi connectivity index (χ2v) is 11.8. The maximum absolute atomic E-state index is 16.8. The second-order valence-electron chi connectivity index (χ2n) is 11.8. The predicted octanol–water partition coefficient (Wildman–Crippen LogP) is 4.17. The number of halogens is 4. The minimum atomic E-state index is -4.79. The minimum Gasteiger partial charge on any atom is -0.472 e. The van der Waals surface area contributed by atoms with E-state index >= 15 is 4.39 Å². The van der Waals surface area contributed by atoms with Gasteiger partial charge in [0.25, 0.3) is 0 Å². The molecule has 0 amide bonds. The topological polar surface area (TPSA) is 92.4 Å². The summed E-state index contributed by atoms with van der Waals surface area (Å²) in [6.45, 7) is 7.17. The highest BCUT2D eigenvalue weighted by molar-refractivity contribution is 6.02. The molecule has 3 N–H and O–H groups in total. The molecule has 7 rings (SSSR count). The van der Waals surface area contributed by atoms with Gasteiger partial charge in [0.15, 0.2) is 5.82 Å². The van der Waals surface area contributed by atoms with Crippen molar-refractivity contribution in [1.82, 2.24) is 25.2 Å². The molecule has 3 saturated heterocycles. The third-order valence-corrected chi connectivity index (χ3v) is 9.04. The molecule has 4 aliphatic heterocycles. The molecule has 7 heterocycles. The van der Waals surface area contributed by atoms with E-state index in [1.165, 1.54) is 6.92 Å². The number of pyridine rings is 3. The van der Waals surface area contributed by atoms with Crippen LogP contribution in [-0.4, -0.2) is 70.8 Å². The Kier molecular flexibility index (Phi) is 5.54. The fourth-order valence-electron chi connectivity index (χ4n) is 7.36. The molecule has 0 radical (unpaired) electrons. The minimum absolute atomic E-state index is 0.0840. The number of likely N-dealkylation sites (N-methyl/N-ethyl adjacent to an activating group) is 1. The molecule has 8 nitrogen and oxygen atoms in total. The molecule has 0 aromatic carbocycles. The van der Waals surface area contributed by atoms with E-state index in [1.54, 1.807) is 6.92 Å². The van der Waals surface area contributed by atoms with Crippen LogP contribution < -0.4 is 20.7 Å². The van der Waals surface area contributed by atoms with Gasteiger partial charge in [-0.1, -0.05) is 0 Å². The Bertz CT molecular complexity index is 1550. The summed E-state index contributed by atoms with van der Waals surface area (Å²) in [6.07, 6.45) is -3.16. The first-order valence-electron chi connectivity index (χ1n) is 13.7. The van der Waals surface area contributed by atoms with E-state index in [1.807, 2.05) is 14.0 Å². The van der Waals surface area contributed by atoms with E-state index < -0.39 is 28.8 Å². The Morgan fingerprint density at radius 1 is 1.07 bits per heavy atom. The number of aromatic nitrogens is 3. The Balaban J connectivity index is 1.55. The Labute approximate surface area is 228 Å². The van der Waals surface area contributed by atoms with Crippen molar-refractivity contribution in [2.24, 2.45) is 0 Å². The average Bonchev–Trinajstić information content (AvgIpc) is 3.17. The summed E-state index contributed by atoms with van der Waals surface area (Å²) in [5, 5.41) is 4.29. The molecule has 4 aliphatic rings. The fourth-order valence-corrected chi connectivity index (χ4v) is 7.36. The van der Waals surface area contributed by atoms with E-state index in [4.69, 9.17) is 15.5 Å². The van der Waals surface area contributed by atoms with Crippen LogP contribution in [0, 0.1) is 19.7 Å². The number of hydrogen-bond donors (Lipinski definition) is 2. The van der Waals surface area contributed by atoms with Crippen molar-refractivity contribution in [3.8, 4) is 17.1 Å². The normalized spacial score (nSPS) is 26.4. The molecular formula is C28H31F4N7O. The number of rotatable bonds is 2. The van der Waals surface area contributed by atoms with Crippen LogP contribution in [0.2, 0.25) is 0 Å². The van der Waals surface area contributed by atoms with E-state index in [-0.39, 0.29) is 52.9 Å². The molecule has 3 aromatic heterocycles. The Morgan fingerprint density at radius 3 is 2.52 bits per heavy atom. The first-order chi connectivity index (χ1) is 18.9. The molecule has 212 valence electrons. The predicted molar refractivity (Wildman–Crippen MR) is 143 cm³/mol. The smallest absolute Gasteiger partial charge is 0.418 e. The molecule has 0 saturated carbocycles. The van der Waals surface area contributed by atoms with Crippen molar-refractivity contribution < 1.29 is 22.3 Å². The van der Waals surface area contributed by atoms with Crippen LogP contribution in [-0.2, 0) is 6.18 Å². The zero-order valence-corrected chi connectivity index (χ0v) is 22.7. The van der Waals surface area contributed by atoms with Crippen molar-refractivity contribution in [1.29, 1.82) is 0 Å². The number of anilines is 2. The molecule has 3 fully saturated rings. The number of hydrogen-bond acceptors (Lipinski definition) is 8. The first kappa shape index (κ1) is 25.7. The molecular weight excluding hydrogens is 526 g/mol. The van der Waals surface area contributed by atoms with Gasteiger partial charge in [0.05, 0.1) is 28.4 Å². The summed E-state index contributed by atoms with van der Waals surface area (Å²) in [4.78, 5) is 17.8. The Hall–Kier alpha value is -3.25. The number of nitrogens with two attached hydrogens (primary N) is 1. The highest BCUT2D eigenvalue weighted by Crippen LogP contribution is 2.48. The van der Waals surface area contributed by atoms with Gasteiger partial charge in [-0.25, -0.2) is 19.3 Å². The van der Waals surface area contributed by atoms with Crippen LogP contribution in [0.3, 0.4) is 0 Å². The van der Waals surface area contributed by atoms with Crippen LogP contribution in [0.5, 0.6) is 5.88 Å². The lowest BCUT2D eigenvalue weighted by Gasteiger charge is -2.43. The van der Waals surface area contributed by atoms with Crippen molar-refractivity contribution >= 4 is 22.4 Å². The van der Waals surface area contributed by atoms with Crippen molar-refractivity contribution in [3.63, 3.8) is 0 Å². The SMILES string of the molecule is Cc1nc(N)cc(-c2nc3c4c(nc(C5CN(C)C5)c(C)c4c2F)N2C[C@H]4CC[C@H](N4)[C@H]2[C@H](C)O3)c1C(F)(F)F. The highest BCUT2D eigenvalue weighted by atomic mass is 19.4. The van der Waals surface area contributed by atoms with Gasteiger partial charge in [0.2, 0.25) is 5.88 Å². The van der Waals surface area contributed by atoms with Gasteiger partial charge >= 0.3 is 6.18 Å². The van der Waals surface area contributed by atoms with Crippen LogP contribution in [0.1, 0.15) is 48.2 Å². The number of likely N-dealkylation sites (tertiary alicyclic amines) is 1. The number of nitrogen functional groups attached to an aromatic ring is 1. The van der Waals surface area contributed by atoms with Crippen LogP contribution in [0.4, 0.5) is 29.2 Å². The summed E-state index contributed by atoms with van der Waals surface area (Å²) < 4.78 is 66.1. The van der Waals surface area contributed by atoms with Crippen molar-refractivity contribution in [3.05, 3.63) is 34.4 Å². The summed E-state index contributed by atoms with van der Waals surface area (Å²) in [7, 11) is 2.01. The van der Waals surface area contributed by atoms with E-state index in [2.05, 4.69) is 25.1 Å². The lowest BCUT2D eigenvalue weighted by Crippen LogP contribution is -2.62. The van der Waals surface area contributed by atoms with Crippen LogP contribution in [0.25, 0.3) is 22.0 Å². The third kappa shape index (κ3) is 3.68. The van der Waals surface area contributed by atoms with Gasteiger partial charge in [-0.05, 0) is 52.3 Å². The fraction of sp³-hybridized carbons (Fsp3) is 0.536. The number of nitrogens with one attached hydrogen (secondary N) is 1. The Morgan fingerprint density at radius 2 is 1.82 bits per heavy atom. The van der Waals surface area contributed by atoms with Gasteiger partial charge in [0, 0.05) is 48.6 Å². The molecule has 4 atom stereocenters. The first-order valence-corrected chi connectivity index (χ1v) is 13.7. The monoisotopic (exact) mass is 557 g/mol. The number of nitrogens with zero attached hydrogens (tertiary/aromatic N) is 5. The summed E-state index contributed by atoms with van der Waals surface area (Å²) in [5.41, 5.74) is 4.95. The van der Waals surface area contributed by atoms with Gasteiger partial charge < -0.3 is 25.6 Å². The molecule has 2 bridgehead atoms. The van der Waals surface area contributed by atoms with E-state index in [0.717, 1.165) is 37.7 Å². The molecule has 40 heavy (non-hydrogen) atoms. The van der Waals surface area contributed by atoms with Crippen molar-refractivity contribution in [2.75, 3.05) is 37.3 Å². The van der Waals surface area contributed by atoms with Crippen LogP contribution >= 0.6 is 0 Å². The molecule has 0 spiro atoms. The van der Waals surface area contributed by atoms with Gasteiger partial charge in [-0.3, -0.25) is 0 Å². The van der Waals surface area contributed by atoms with E-state index in [0.29, 0.717) is 23.3 Å². The van der Waals surface area contributed by atoms with Gasteiger partial charge in [-0.15, -0.1) is 0 Å². The quantitative estimate of drug-likeness (QED) is 0.454. The second kappa shape index (κ2) is 8.62. The van der Waals surface area contributed by atoms with Gasteiger partial charge in [-0.2, -0.15) is 13.2 Å². The largest absolute Gasteiger partial charge is 0.472 e. The summed E-state index contributed by atoms with van der Waals surface area (Å²) in [6, 6.07) is 1.40. The number of alkyl halides is 3. The highest BCUT2D eigenvalue weighted by Gasteiger charge is 2.48. The number of ether oxygens (including phenoxy) is 1. The summed E-state index contributed by atoms with van der Waals surface area (Å²) >= 11 is 0. The van der Waals surface area contributed by atoms with Crippen molar-refractivity contribution in [2.45, 2.75) is 69.9 Å². The summed E-state index contributed by atoms with van der Waals surface area (Å²) in [5.74, 6) is -0.196. The average molecular weight is 558 g/mol. The maximum atomic E-state index is 16.8. The number of aryl methyl sites for hydroxylation is 2. The number of piperazine rings is 1. The van der Waals surface area contributed by atoms with E-state index in [9.17, 15) is 13.2 Å². The lowest BCUT2D eigenvalue weighted by atomic mass is 9.90. The molecule has 0 aliphatic carbocycles. The third-order valence-electron chi connectivity index (χ3n) is 9.04.